The van der Waals surface area contributed by atoms with Crippen molar-refractivity contribution in [2.45, 2.75) is 25.7 Å². The molecule has 1 aromatic rings. The first-order valence-electron chi connectivity index (χ1n) is 6.14. The maximum Gasteiger partial charge on any atom is 0.335 e. The lowest BCUT2D eigenvalue weighted by Crippen LogP contribution is -2.36. The summed E-state index contributed by atoms with van der Waals surface area (Å²) in [7, 11) is -4.08. The molecule has 0 heterocycles. The van der Waals surface area contributed by atoms with E-state index in [0.717, 1.165) is 12.1 Å². The van der Waals surface area contributed by atoms with Crippen LogP contribution >= 0.6 is 0 Å². The van der Waals surface area contributed by atoms with E-state index in [1.807, 2.05) is 0 Å². The van der Waals surface area contributed by atoms with Crippen LogP contribution in [0.2, 0.25) is 0 Å². The van der Waals surface area contributed by atoms with Crippen LogP contribution in [-0.4, -0.2) is 37.8 Å². The molecule has 3 N–H and O–H groups in total. The molecule has 0 bridgehead atoms. The number of aromatic carboxylic acids is 1. The van der Waals surface area contributed by atoms with Gasteiger partial charge in [-0.25, -0.2) is 22.3 Å². The highest BCUT2D eigenvalue weighted by Gasteiger charge is 2.25. The number of hydrogen-bond acceptors (Lipinski definition) is 4. The third-order valence-corrected chi connectivity index (χ3v) is 4.53. The summed E-state index contributed by atoms with van der Waals surface area (Å²) in [6.07, 6.45) is 0. The highest BCUT2D eigenvalue weighted by atomic mass is 32.2. The predicted molar refractivity (Wildman–Crippen MR) is 74.2 cm³/mol. The normalized spacial score (nSPS) is 12.4. The van der Waals surface area contributed by atoms with E-state index < -0.39 is 37.7 Å². The van der Waals surface area contributed by atoms with Gasteiger partial charge < -0.3 is 10.2 Å². The second kappa shape index (κ2) is 6.08. The zero-order valence-electron chi connectivity index (χ0n) is 12.0. The minimum atomic E-state index is -4.08. The van der Waals surface area contributed by atoms with E-state index in [1.54, 1.807) is 13.8 Å². The zero-order valence-corrected chi connectivity index (χ0v) is 12.8. The molecule has 0 aromatic heterocycles. The Morgan fingerprint density at radius 3 is 2.43 bits per heavy atom. The van der Waals surface area contributed by atoms with Crippen molar-refractivity contribution < 1.29 is 27.8 Å². The number of carbonyl (C=O) groups is 1. The molecule has 0 fully saturated rings. The highest BCUT2D eigenvalue weighted by molar-refractivity contribution is 7.89. The number of sulfonamides is 1. The number of benzene rings is 1. The van der Waals surface area contributed by atoms with Gasteiger partial charge in [0.05, 0.1) is 10.5 Å². The fourth-order valence-corrected chi connectivity index (χ4v) is 3.00. The van der Waals surface area contributed by atoms with Crippen LogP contribution in [0.15, 0.2) is 17.0 Å². The maximum atomic E-state index is 13.7. The first-order chi connectivity index (χ1) is 9.50. The molecule has 0 aliphatic heterocycles. The Labute approximate surface area is 122 Å². The van der Waals surface area contributed by atoms with Crippen molar-refractivity contribution in [3.8, 4) is 0 Å². The topological polar surface area (TPSA) is 104 Å². The summed E-state index contributed by atoms with van der Waals surface area (Å²) in [6, 6.07) is 1.68. The molecule has 1 aromatic carbocycles. The van der Waals surface area contributed by atoms with Crippen LogP contribution in [0, 0.1) is 18.2 Å². The first-order valence-corrected chi connectivity index (χ1v) is 7.62. The van der Waals surface area contributed by atoms with Gasteiger partial charge in [-0.15, -0.1) is 0 Å². The van der Waals surface area contributed by atoms with Crippen LogP contribution in [0.5, 0.6) is 0 Å². The summed E-state index contributed by atoms with van der Waals surface area (Å²) in [5, 5.41) is 18.0. The van der Waals surface area contributed by atoms with Crippen molar-refractivity contribution in [1.82, 2.24) is 4.72 Å². The summed E-state index contributed by atoms with van der Waals surface area (Å²) < 4.78 is 40.3. The molecule has 0 saturated heterocycles. The molecule has 0 spiro atoms. The molecule has 0 atom stereocenters. The quantitative estimate of drug-likeness (QED) is 0.729. The Bertz CT molecular complexity index is 655. The number of nitrogens with one attached hydrogen (secondary N) is 1. The Kier molecular flexibility index (Phi) is 5.08. The van der Waals surface area contributed by atoms with Gasteiger partial charge in [0.25, 0.3) is 0 Å². The Morgan fingerprint density at radius 1 is 1.38 bits per heavy atom. The monoisotopic (exact) mass is 319 g/mol. The lowest BCUT2D eigenvalue weighted by molar-refractivity contribution is 0.0696. The standard InChI is InChI=1S/C13H18FNO5S/c1-8-10(14)4-9(12(17)18)5-11(8)21(19,20)15-6-13(2,3)7-16/h4-5,15-16H,6-7H2,1-3H3,(H,17,18). The van der Waals surface area contributed by atoms with E-state index in [2.05, 4.69) is 4.72 Å². The van der Waals surface area contributed by atoms with E-state index in [0.29, 0.717) is 0 Å². The average Bonchev–Trinajstić information content (AvgIpc) is 2.39. The molecular weight excluding hydrogens is 301 g/mol. The largest absolute Gasteiger partial charge is 0.478 e. The predicted octanol–water partition coefficient (Wildman–Crippen LogP) is 1.13. The van der Waals surface area contributed by atoms with Crippen molar-refractivity contribution in [2.75, 3.05) is 13.2 Å². The van der Waals surface area contributed by atoms with Crippen LogP contribution in [-0.2, 0) is 10.0 Å². The fourth-order valence-electron chi connectivity index (χ4n) is 1.48. The molecule has 6 nitrogen and oxygen atoms in total. The summed E-state index contributed by atoms with van der Waals surface area (Å²) in [6.45, 7) is 4.25. The molecule has 8 heteroatoms. The van der Waals surface area contributed by atoms with Gasteiger partial charge in [0.15, 0.2) is 0 Å². The average molecular weight is 319 g/mol. The van der Waals surface area contributed by atoms with E-state index in [-0.39, 0.29) is 18.7 Å². The van der Waals surface area contributed by atoms with Gasteiger partial charge in [-0.2, -0.15) is 0 Å². The minimum Gasteiger partial charge on any atom is -0.478 e. The van der Waals surface area contributed by atoms with Gasteiger partial charge in [0, 0.05) is 24.1 Å². The maximum absolute atomic E-state index is 13.7. The van der Waals surface area contributed by atoms with Gasteiger partial charge in [0.1, 0.15) is 5.82 Å². The van der Waals surface area contributed by atoms with Crippen LogP contribution in [0.4, 0.5) is 4.39 Å². The smallest absolute Gasteiger partial charge is 0.335 e. The van der Waals surface area contributed by atoms with Crippen LogP contribution in [0.1, 0.15) is 29.8 Å². The molecule has 0 aliphatic carbocycles. The lowest BCUT2D eigenvalue weighted by atomic mass is 9.96. The second-order valence-electron chi connectivity index (χ2n) is 5.53. The van der Waals surface area contributed by atoms with Crippen LogP contribution < -0.4 is 4.72 Å². The number of carboxylic acid groups (broad SMARTS) is 1. The van der Waals surface area contributed by atoms with Crippen LogP contribution in [0.3, 0.4) is 0 Å². The SMILES string of the molecule is Cc1c(F)cc(C(=O)O)cc1S(=O)(=O)NCC(C)(C)CO. The first kappa shape index (κ1) is 17.5. The van der Waals surface area contributed by atoms with Crippen molar-refractivity contribution >= 4 is 16.0 Å². The molecular formula is C13H18FNO5S. The van der Waals surface area contributed by atoms with Gasteiger partial charge in [0.2, 0.25) is 10.0 Å². The van der Waals surface area contributed by atoms with Crippen LogP contribution in [0.25, 0.3) is 0 Å². The number of rotatable bonds is 6. The highest BCUT2D eigenvalue weighted by Crippen LogP contribution is 2.22. The van der Waals surface area contributed by atoms with Gasteiger partial charge in [-0.1, -0.05) is 13.8 Å². The summed E-state index contributed by atoms with van der Waals surface area (Å²) in [5.74, 6) is -2.32. The number of carboxylic acids is 1. The van der Waals surface area contributed by atoms with E-state index in [9.17, 15) is 17.6 Å². The minimum absolute atomic E-state index is 0.0653. The van der Waals surface area contributed by atoms with Crippen molar-refractivity contribution in [1.29, 1.82) is 0 Å². The molecule has 0 radical (unpaired) electrons. The molecule has 0 saturated carbocycles. The lowest BCUT2D eigenvalue weighted by Gasteiger charge is -2.22. The number of aliphatic hydroxyl groups excluding tert-OH is 1. The van der Waals surface area contributed by atoms with Gasteiger partial charge >= 0.3 is 5.97 Å². The summed E-state index contributed by atoms with van der Waals surface area (Å²) in [4.78, 5) is 10.5. The molecule has 1 rings (SSSR count). The zero-order chi connectivity index (χ0) is 16.4. The summed E-state index contributed by atoms with van der Waals surface area (Å²) in [5.41, 5.74) is -1.29. The molecule has 118 valence electrons. The van der Waals surface area contributed by atoms with E-state index in [1.165, 1.54) is 6.92 Å². The van der Waals surface area contributed by atoms with Crippen molar-refractivity contribution in [3.05, 3.63) is 29.1 Å². The Morgan fingerprint density at radius 2 is 1.95 bits per heavy atom. The fraction of sp³-hybridized carbons (Fsp3) is 0.462. The van der Waals surface area contributed by atoms with Gasteiger partial charge in [-0.05, 0) is 19.1 Å². The van der Waals surface area contributed by atoms with Crippen molar-refractivity contribution in [2.24, 2.45) is 5.41 Å². The molecule has 0 amide bonds. The molecule has 0 aliphatic rings. The second-order valence-corrected chi connectivity index (χ2v) is 7.27. The van der Waals surface area contributed by atoms with Crippen molar-refractivity contribution in [3.63, 3.8) is 0 Å². The number of hydrogen-bond donors (Lipinski definition) is 3. The Balaban J connectivity index is 3.22. The van der Waals surface area contributed by atoms with E-state index >= 15 is 0 Å². The molecule has 21 heavy (non-hydrogen) atoms. The van der Waals surface area contributed by atoms with E-state index in [4.69, 9.17) is 10.2 Å². The third-order valence-electron chi connectivity index (χ3n) is 3.00. The summed E-state index contributed by atoms with van der Waals surface area (Å²) >= 11 is 0. The number of aliphatic hydroxyl groups is 1. The number of halogens is 1. The Hall–Kier alpha value is -1.51. The molecule has 0 unspecified atom stereocenters. The van der Waals surface area contributed by atoms with Gasteiger partial charge in [-0.3, -0.25) is 0 Å². The third kappa shape index (κ3) is 4.23.